The van der Waals surface area contributed by atoms with Crippen molar-refractivity contribution in [2.75, 3.05) is 0 Å². The van der Waals surface area contributed by atoms with E-state index >= 15 is 0 Å². The summed E-state index contributed by atoms with van der Waals surface area (Å²) in [4.78, 5) is -0.0719. The molecule has 0 aliphatic heterocycles. The Morgan fingerprint density at radius 3 is 2.61 bits per heavy atom. The molecule has 0 aromatic heterocycles. The van der Waals surface area contributed by atoms with Gasteiger partial charge in [0.1, 0.15) is 5.82 Å². The quantitative estimate of drug-likeness (QED) is 0.656. The molecule has 1 unspecified atom stereocenters. The summed E-state index contributed by atoms with van der Waals surface area (Å²) in [5.74, 6) is -0.147. The molecule has 0 saturated carbocycles. The third-order valence-electron chi connectivity index (χ3n) is 2.92. The molecule has 2 aromatic rings. The van der Waals surface area contributed by atoms with Crippen molar-refractivity contribution in [3.8, 4) is 0 Å². The van der Waals surface area contributed by atoms with Crippen molar-refractivity contribution in [1.82, 2.24) is 0 Å². The summed E-state index contributed by atoms with van der Waals surface area (Å²) < 4.78 is 14.0. The normalized spacial score (nSPS) is 12.4. The summed E-state index contributed by atoms with van der Waals surface area (Å²) in [6.07, 6.45) is 0.667. The molecule has 0 heterocycles. The van der Waals surface area contributed by atoms with Gasteiger partial charge in [0.25, 0.3) is 0 Å². The van der Waals surface area contributed by atoms with E-state index in [1.54, 1.807) is 19.1 Å². The molecule has 0 nitrogen and oxygen atoms in total. The monoisotopic (exact) mass is 326 g/mol. The fraction of sp³-hybridized carbons (Fsp3) is 0.200. The molecule has 0 spiro atoms. The van der Waals surface area contributed by atoms with Crippen molar-refractivity contribution >= 4 is 27.5 Å². The van der Waals surface area contributed by atoms with Gasteiger partial charge in [0.2, 0.25) is 0 Å². The maximum absolute atomic E-state index is 14.0. The topological polar surface area (TPSA) is 0 Å². The van der Waals surface area contributed by atoms with Crippen molar-refractivity contribution in [3.63, 3.8) is 0 Å². The number of hydrogen-bond acceptors (Lipinski definition) is 0. The van der Waals surface area contributed by atoms with Crippen molar-refractivity contribution in [3.05, 3.63) is 70.0 Å². The zero-order chi connectivity index (χ0) is 13.1. The van der Waals surface area contributed by atoms with E-state index in [1.165, 1.54) is 0 Å². The van der Waals surface area contributed by atoms with E-state index in [2.05, 4.69) is 15.9 Å². The van der Waals surface area contributed by atoms with Crippen LogP contribution in [0.4, 0.5) is 4.39 Å². The smallest absolute Gasteiger partial charge is 0.130 e. The maximum Gasteiger partial charge on any atom is 0.130 e. The second kappa shape index (κ2) is 5.85. The second-order valence-electron chi connectivity index (χ2n) is 4.24. The van der Waals surface area contributed by atoms with Crippen LogP contribution in [0.3, 0.4) is 0 Å². The number of alkyl halides is 1. The minimum atomic E-state index is -0.147. The average Bonchev–Trinajstić information content (AvgIpc) is 2.35. The third kappa shape index (κ3) is 2.93. The lowest BCUT2D eigenvalue weighted by atomic mass is 10.0. The van der Waals surface area contributed by atoms with Crippen LogP contribution in [-0.4, -0.2) is 0 Å². The van der Waals surface area contributed by atoms with Gasteiger partial charge in [-0.3, -0.25) is 0 Å². The van der Waals surface area contributed by atoms with Crippen molar-refractivity contribution in [1.29, 1.82) is 0 Å². The van der Waals surface area contributed by atoms with E-state index in [1.807, 2.05) is 30.3 Å². The predicted octanol–water partition coefficient (Wildman–Crippen LogP) is 5.47. The Kier molecular flexibility index (Phi) is 4.41. The van der Waals surface area contributed by atoms with Gasteiger partial charge in [-0.2, -0.15) is 0 Å². The van der Waals surface area contributed by atoms with Gasteiger partial charge in [0, 0.05) is 15.4 Å². The summed E-state index contributed by atoms with van der Waals surface area (Å²) >= 11 is 9.66. The van der Waals surface area contributed by atoms with Gasteiger partial charge >= 0.3 is 0 Å². The largest absolute Gasteiger partial charge is 0.206 e. The number of hydrogen-bond donors (Lipinski definition) is 0. The molecule has 0 N–H and O–H groups in total. The Morgan fingerprint density at radius 1 is 1.17 bits per heavy atom. The zero-order valence-electron chi connectivity index (χ0n) is 9.96. The molecule has 2 aromatic carbocycles. The van der Waals surface area contributed by atoms with Crippen molar-refractivity contribution in [2.45, 2.75) is 18.2 Å². The molecule has 1 atom stereocenters. The Labute approximate surface area is 120 Å². The molecule has 0 aliphatic carbocycles. The van der Waals surface area contributed by atoms with Crippen LogP contribution in [0.1, 0.15) is 21.5 Å². The Hall–Kier alpha value is -0.860. The molecule has 0 fully saturated rings. The van der Waals surface area contributed by atoms with Crippen molar-refractivity contribution in [2.24, 2.45) is 0 Å². The van der Waals surface area contributed by atoms with E-state index in [4.69, 9.17) is 11.6 Å². The summed E-state index contributed by atoms with van der Waals surface area (Å²) in [5, 5.41) is 0.718. The highest BCUT2D eigenvalue weighted by Crippen LogP contribution is 2.32. The van der Waals surface area contributed by atoms with Crippen LogP contribution < -0.4 is 0 Å². The van der Waals surface area contributed by atoms with Gasteiger partial charge in [-0.05, 0) is 30.5 Å². The van der Waals surface area contributed by atoms with Gasteiger partial charge in [0.15, 0.2) is 0 Å². The first-order chi connectivity index (χ1) is 8.59. The van der Waals surface area contributed by atoms with E-state index in [0.29, 0.717) is 17.5 Å². The summed E-state index contributed by atoms with van der Waals surface area (Å²) in [6, 6.07) is 13.1. The Balaban J connectivity index is 2.25. The number of aryl methyl sites for hydroxylation is 1. The van der Waals surface area contributed by atoms with Crippen LogP contribution in [-0.2, 0) is 6.42 Å². The van der Waals surface area contributed by atoms with Gasteiger partial charge in [-0.25, -0.2) is 4.39 Å². The average molecular weight is 328 g/mol. The van der Waals surface area contributed by atoms with E-state index in [9.17, 15) is 4.39 Å². The SMILES string of the molecule is Cc1cccc(C(Br)Cc2ccccc2Cl)c1F. The molecule has 2 rings (SSSR count). The lowest BCUT2D eigenvalue weighted by molar-refractivity contribution is 0.599. The molecule has 3 heteroatoms. The second-order valence-corrected chi connectivity index (χ2v) is 5.75. The maximum atomic E-state index is 14.0. The highest BCUT2D eigenvalue weighted by atomic mass is 79.9. The van der Waals surface area contributed by atoms with E-state index in [0.717, 1.165) is 10.6 Å². The highest BCUT2D eigenvalue weighted by Gasteiger charge is 2.15. The van der Waals surface area contributed by atoms with E-state index in [-0.39, 0.29) is 10.6 Å². The minimum absolute atomic E-state index is 0.0719. The zero-order valence-corrected chi connectivity index (χ0v) is 12.3. The lowest BCUT2D eigenvalue weighted by Gasteiger charge is -2.13. The standard InChI is InChI=1S/C15H13BrClF/c1-10-5-4-7-12(15(10)18)13(16)9-11-6-2-3-8-14(11)17/h2-8,13H,9H2,1H3. The molecular formula is C15H13BrClF. The predicted molar refractivity (Wildman–Crippen MR) is 78.0 cm³/mol. The number of halogens is 3. The summed E-state index contributed by atoms with van der Waals surface area (Å²) in [5.41, 5.74) is 2.35. The molecule has 94 valence electrons. The lowest BCUT2D eigenvalue weighted by Crippen LogP contribution is -2.00. The van der Waals surface area contributed by atoms with Gasteiger partial charge in [-0.1, -0.05) is 63.9 Å². The summed E-state index contributed by atoms with van der Waals surface area (Å²) in [7, 11) is 0. The fourth-order valence-corrected chi connectivity index (χ4v) is 2.79. The fourth-order valence-electron chi connectivity index (χ4n) is 1.88. The molecule has 0 saturated heterocycles. The van der Waals surface area contributed by atoms with Crippen molar-refractivity contribution < 1.29 is 4.39 Å². The van der Waals surface area contributed by atoms with Crippen LogP contribution in [0, 0.1) is 12.7 Å². The van der Waals surface area contributed by atoms with E-state index < -0.39 is 0 Å². The Bertz CT molecular complexity index is 554. The first-order valence-electron chi connectivity index (χ1n) is 5.72. The van der Waals surface area contributed by atoms with Gasteiger partial charge in [-0.15, -0.1) is 0 Å². The van der Waals surface area contributed by atoms with Crippen LogP contribution in [0.5, 0.6) is 0 Å². The van der Waals surface area contributed by atoms with Crippen LogP contribution in [0.15, 0.2) is 42.5 Å². The van der Waals surface area contributed by atoms with Crippen LogP contribution in [0.25, 0.3) is 0 Å². The van der Waals surface area contributed by atoms with Crippen LogP contribution >= 0.6 is 27.5 Å². The van der Waals surface area contributed by atoms with Crippen LogP contribution in [0.2, 0.25) is 5.02 Å². The molecular weight excluding hydrogens is 315 g/mol. The van der Waals surface area contributed by atoms with Gasteiger partial charge < -0.3 is 0 Å². The molecule has 0 radical (unpaired) electrons. The molecule has 0 amide bonds. The number of rotatable bonds is 3. The Morgan fingerprint density at radius 2 is 1.89 bits per heavy atom. The van der Waals surface area contributed by atoms with Gasteiger partial charge in [0.05, 0.1) is 0 Å². The first kappa shape index (κ1) is 13.6. The minimum Gasteiger partial charge on any atom is -0.206 e. The third-order valence-corrected chi connectivity index (χ3v) is 4.10. The first-order valence-corrected chi connectivity index (χ1v) is 7.01. The highest BCUT2D eigenvalue weighted by molar-refractivity contribution is 9.09. The number of benzene rings is 2. The molecule has 18 heavy (non-hydrogen) atoms. The molecule has 0 aliphatic rings. The summed E-state index contributed by atoms with van der Waals surface area (Å²) in [6.45, 7) is 1.77. The molecule has 0 bridgehead atoms.